The first-order chi connectivity index (χ1) is 10.4. The quantitative estimate of drug-likeness (QED) is 0.822. The number of benzene rings is 1. The molecule has 1 aliphatic rings. The maximum Gasteiger partial charge on any atom is 0.243 e. The zero-order valence-electron chi connectivity index (χ0n) is 12.4. The molecule has 0 radical (unpaired) electrons. The molecular formula is C14H20F2N2O3S. The molecule has 0 spiro atoms. The smallest absolute Gasteiger partial charge is 0.243 e. The van der Waals surface area contributed by atoms with E-state index in [0.717, 1.165) is 38.1 Å². The lowest BCUT2D eigenvalue weighted by Crippen LogP contribution is -2.47. The van der Waals surface area contributed by atoms with E-state index < -0.39 is 26.6 Å². The average molecular weight is 334 g/mol. The highest BCUT2D eigenvalue weighted by atomic mass is 32.2. The second-order valence-electron chi connectivity index (χ2n) is 5.58. The van der Waals surface area contributed by atoms with Crippen molar-refractivity contribution in [2.75, 3.05) is 33.4 Å². The van der Waals surface area contributed by atoms with Gasteiger partial charge in [-0.25, -0.2) is 21.9 Å². The van der Waals surface area contributed by atoms with Gasteiger partial charge in [0.25, 0.3) is 0 Å². The lowest BCUT2D eigenvalue weighted by molar-refractivity contribution is 0.0577. The van der Waals surface area contributed by atoms with E-state index in [1.807, 2.05) is 0 Å². The number of piperidine rings is 1. The van der Waals surface area contributed by atoms with Gasteiger partial charge in [0.05, 0.1) is 6.61 Å². The Morgan fingerprint density at radius 1 is 1.32 bits per heavy atom. The average Bonchev–Trinajstić information content (AvgIpc) is 2.49. The molecule has 1 heterocycles. The Bertz CT molecular complexity index is 611. The van der Waals surface area contributed by atoms with Gasteiger partial charge in [0.2, 0.25) is 10.0 Å². The minimum atomic E-state index is -4.11. The number of sulfonamides is 1. The normalized spacial score (nSPS) is 18.3. The van der Waals surface area contributed by atoms with Crippen molar-refractivity contribution in [3.05, 3.63) is 29.8 Å². The molecule has 5 nitrogen and oxygen atoms in total. The van der Waals surface area contributed by atoms with Crippen LogP contribution in [0.2, 0.25) is 0 Å². The van der Waals surface area contributed by atoms with Gasteiger partial charge >= 0.3 is 0 Å². The summed E-state index contributed by atoms with van der Waals surface area (Å²) in [6.45, 7) is 2.06. The van der Waals surface area contributed by atoms with Crippen molar-refractivity contribution in [2.45, 2.75) is 17.7 Å². The third-order valence-electron chi connectivity index (χ3n) is 3.93. The number of rotatable bonds is 6. The van der Waals surface area contributed by atoms with E-state index in [4.69, 9.17) is 4.74 Å². The molecule has 2 rings (SSSR count). The van der Waals surface area contributed by atoms with Gasteiger partial charge < -0.3 is 10.1 Å². The largest absolute Gasteiger partial charge is 0.384 e. The zero-order chi connectivity index (χ0) is 16.2. The molecule has 1 aliphatic heterocycles. The second-order valence-corrected chi connectivity index (χ2v) is 7.32. The van der Waals surface area contributed by atoms with Crippen LogP contribution < -0.4 is 10.0 Å². The highest BCUT2D eigenvalue weighted by Crippen LogP contribution is 2.29. The molecule has 2 N–H and O–H groups in total. The van der Waals surface area contributed by atoms with Crippen LogP contribution in [-0.4, -0.2) is 41.8 Å². The summed E-state index contributed by atoms with van der Waals surface area (Å²) in [6.07, 6.45) is 1.49. The van der Waals surface area contributed by atoms with Gasteiger partial charge in [0, 0.05) is 19.1 Å². The van der Waals surface area contributed by atoms with Crippen LogP contribution in [0, 0.1) is 17.0 Å². The van der Waals surface area contributed by atoms with Gasteiger partial charge in [-0.1, -0.05) is 0 Å². The summed E-state index contributed by atoms with van der Waals surface area (Å²) in [5.74, 6) is -1.77. The summed E-state index contributed by atoms with van der Waals surface area (Å²) in [5.41, 5.74) is -0.336. The molecule has 0 saturated carbocycles. The van der Waals surface area contributed by atoms with Crippen molar-refractivity contribution in [1.29, 1.82) is 0 Å². The third kappa shape index (κ3) is 4.01. The number of halogens is 2. The number of nitrogens with one attached hydrogen (secondary N) is 2. The van der Waals surface area contributed by atoms with Crippen LogP contribution >= 0.6 is 0 Å². The summed E-state index contributed by atoms with van der Waals surface area (Å²) >= 11 is 0. The highest BCUT2D eigenvalue weighted by Gasteiger charge is 2.34. The first-order valence-electron chi connectivity index (χ1n) is 7.03. The molecule has 8 heteroatoms. The molecule has 1 fully saturated rings. The van der Waals surface area contributed by atoms with Crippen molar-refractivity contribution >= 4 is 10.0 Å². The summed E-state index contributed by atoms with van der Waals surface area (Å²) in [5, 5.41) is 3.20. The van der Waals surface area contributed by atoms with Gasteiger partial charge in [-0.3, -0.25) is 0 Å². The van der Waals surface area contributed by atoms with E-state index in [2.05, 4.69) is 10.0 Å². The van der Waals surface area contributed by atoms with E-state index in [1.165, 1.54) is 0 Å². The second kappa shape index (κ2) is 6.99. The van der Waals surface area contributed by atoms with Crippen LogP contribution in [0.15, 0.2) is 23.1 Å². The molecule has 0 atom stereocenters. The van der Waals surface area contributed by atoms with E-state index in [1.54, 1.807) is 7.11 Å². The number of hydrogen-bond donors (Lipinski definition) is 2. The van der Waals surface area contributed by atoms with E-state index >= 15 is 0 Å². The Kier molecular flexibility index (Phi) is 5.49. The van der Waals surface area contributed by atoms with Crippen LogP contribution in [0.1, 0.15) is 12.8 Å². The van der Waals surface area contributed by atoms with Crippen LogP contribution in [0.3, 0.4) is 0 Å². The summed E-state index contributed by atoms with van der Waals surface area (Å²) in [7, 11) is -2.55. The van der Waals surface area contributed by atoms with E-state index in [-0.39, 0.29) is 12.0 Å². The number of methoxy groups -OCH3 is 1. The lowest BCUT2D eigenvalue weighted by Gasteiger charge is -2.37. The predicted octanol–water partition coefficient (Wildman–Crippen LogP) is 1.26. The molecule has 1 saturated heterocycles. The van der Waals surface area contributed by atoms with Gasteiger partial charge in [0.1, 0.15) is 16.5 Å². The molecule has 0 unspecified atom stereocenters. The van der Waals surface area contributed by atoms with Crippen molar-refractivity contribution in [2.24, 2.45) is 5.41 Å². The molecule has 0 bridgehead atoms. The van der Waals surface area contributed by atoms with Crippen molar-refractivity contribution in [3.63, 3.8) is 0 Å². The zero-order valence-corrected chi connectivity index (χ0v) is 13.2. The molecular weight excluding hydrogens is 314 g/mol. The van der Waals surface area contributed by atoms with Gasteiger partial charge in [-0.2, -0.15) is 0 Å². The standard InChI is InChI=1S/C14H20F2N2O3S/c1-21-10-14(4-6-17-7-5-14)9-18-22(19,20)13-8-11(15)2-3-12(13)16/h2-3,8,17-18H,4-7,9-10H2,1H3. The Morgan fingerprint density at radius 2 is 2.00 bits per heavy atom. The van der Waals surface area contributed by atoms with Crippen LogP contribution in [-0.2, 0) is 14.8 Å². The summed E-state index contributed by atoms with van der Waals surface area (Å²) in [4.78, 5) is -0.672. The Hall–Kier alpha value is -1.09. The highest BCUT2D eigenvalue weighted by molar-refractivity contribution is 7.89. The SMILES string of the molecule is COCC1(CNS(=O)(=O)c2cc(F)ccc2F)CCNCC1. The first kappa shape index (κ1) is 17.3. The molecule has 0 aromatic heterocycles. The monoisotopic (exact) mass is 334 g/mol. The fourth-order valence-corrected chi connectivity index (χ4v) is 3.89. The van der Waals surface area contributed by atoms with Gasteiger partial charge in [0.15, 0.2) is 0 Å². The molecule has 1 aromatic carbocycles. The van der Waals surface area contributed by atoms with Crippen molar-refractivity contribution in [1.82, 2.24) is 10.0 Å². The third-order valence-corrected chi connectivity index (χ3v) is 5.35. The maximum absolute atomic E-state index is 13.7. The van der Waals surface area contributed by atoms with Crippen LogP contribution in [0.25, 0.3) is 0 Å². The molecule has 1 aromatic rings. The fourth-order valence-electron chi connectivity index (χ4n) is 2.64. The van der Waals surface area contributed by atoms with E-state index in [0.29, 0.717) is 12.7 Å². The predicted molar refractivity (Wildman–Crippen MR) is 78.0 cm³/mol. The summed E-state index contributed by atoms with van der Waals surface area (Å²) in [6, 6.07) is 2.37. The lowest BCUT2D eigenvalue weighted by atomic mass is 9.80. The van der Waals surface area contributed by atoms with Crippen LogP contribution in [0.5, 0.6) is 0 Å². The minimum Gasteiger partial charge on any atom is -0.384 e. The topological polar surface area (TPSA) is 67.4 Å². The molecule has 0 amide bonds. The van der Waals surface area contributed by atoms with Crippen LogP contribution in [0.4, 0.5) is 8.78 Å². The first-order valence-corrected chi connectivity index (χ1v) is 8.51. The van der Waals surface area contributed by atoms with Gasteiger partial charge in [-0.05, 0) is 44.1 Å². The Balaban J connectivity index is 2.15. The maximum atomic E-state index is 13.7. The van der Waals surface area contributed by atoms with Crippen molar-refractivity contribution < 1.29 is 21.9 Å². The molecule has 22 heavy (non-hydrogen) atoms. The van der Waals surface area contributed by atoms with Crippen molar-refractivity contribution in [3.8, 4) is 0 Å². The Labute approximate surface area is 129 Å². The minimum absolute atomic E-state index is 0.126. The molecule has 124 valence electrons. The fraction of sp³-hybridized carbons (Fsp3) is 0.571. The van der Waals surface area contributed by atoms with Gasteiger partial charge in [-0.15, -0.1) is 0 Å². The number of ether oxygens (including phenoxy) is 1. The number of hydrogen-bond acceptors (Lipinski definition) is 4. The Morgan fingerprint density at radius 3 is 2.64 bits per heavy atom. The summed E-state index contributed by atoms with van der Waals surface area (Å²) < 4.78 is 58.9. The van der Waals surface area contributed by atoms with E-state index in [9.17, 15) is 17.2 Å². The molecule has 0 aliphatic carbocycles.